The van der Waals surface area contributed by atoms with Gasteiger partial charge < -0.3 is 9.84 Å². The van der Waals surface area contributed by atoms with Crippen LogP contribution in [0.5, 0.6) is 0 Å². The van der Waals surface area contributed by atoms with Crippen LogP contribution in [0.2, 0.25) is 0 Å². The van der Waals surface area contributed by atoms with Gasteiger partial charge in [0.2, 0.25) is 0 Å². The van der Waals surface area contributed by atoms with Crippen LogP contribution in [0.1, 0.15) is 17.1 Å². The Morgan fingerprint density at radius 2 is 2.33 bits per heavy atom. The Bertz CT molecular complexity index is 433. The van der Waals surface area contributed by atoms with E-state index in [0.29, 0.717) is 6.54 Å². The van der Waals surface area contributed by atoms with Gasteiger partial charge in [-0.3, -0.25) is 0 Å². The molecule has 2 aromatic rings. The van der Waals surface area contributed by atoms with E-state index in [1.807, 2.05) is 26.2 Å². The second kappa shape index (κ2) is 4.22. The van der Waals surface area contributed by atoms with Crippen LogP contribution in [-0.4, -0.2) is 27.2 Å². The lowest BCUT2D eigenvalue weighted by Crippen LogP contribution is -2.05. The fraction of sp³-hybridized carbons (Fsp3) is 0.444. The van der Waals surface area contributed by atoms with Gasteiger partial charge in [0.15, 0.2) is 0 Å². The van der Waals surface area contributed by atoms with Gasteiger partial charge in [0.1, 0.15) is 11.5 Å². The number of rotatable bonds is 4. The molecule has 1 N–H and O–H groups in total. The molecule has 0 atom stereocenters. The quantitative estimate of drug-likeness (QED) is 0.783. The average Bonchev–Trinajstić information content (AvgIpc) is 2.78. The molecule has 0 radical (unpaired) electrons. The van der Waals surface area contributed by atoms with E-state index in [2.05, 4.69) is 20.8 Å². The summed E-state index contributed by atoms with van der Waals surface area (Å²) in [5.41, 5.74) is 1.77. The predicted molar refractivity (Wildman–Crippen MR) is 53.1 cm³/mol. The first-order valence-corrected chi connectivity index (χ1v) is 4.74. The summed E-state index contributed by atoms with van der Waals surface area (Å²) in [5, 5.41) is 14.9. The van der Waals surface area contributed by atoms with E-state index < -0.39 is 0 Å². The molecule has 0 aliphatic rings. The predicted octanol–water partition coefficient (Wildman–Crippen LogP) is 0.342. The van der Waals surface area contributed by atoms with Crippen LogP contribution in [0.3, 0.4) is 0 Å². The molecule has 0 bridgehead atoms. The van der Waals surface area contributed by atoms with Crippen LogP contribution >= 0.6 is 0 Å². The summed E-state index contributed by atoms with van der Waals surface area (Å²) in [5.74, 6) is 0.806. The molecule has 0 spiro atoms. The minimum absolute atomic E-state index is 0.591. The highest BCUT2D eigenvalue weighted by Gasteiger charge is 2.03. The molecule has 0 saturated carbocycles. The Labute approximate surface area is 87.3 Å². The molecule has 15 heavy (non-hydrogen) atoms. The Morgan fingerprint density at radius 1 is 1.47 bits per heavy atom. The fourth-order valence-corrected chi connectivity index (χ4v) is 1.34. The van der Waals surface area contributed by atoms with E-state index in [1.54, 1.807) is 4.68 Å². The molecule has 0 fully saturated rings. The Morgan fingerprint density at radius 3 is 3.00 bits per heavy atom. The molecular weight excluding hydrogens is 194 g/mol. The summed E-state index contributed by atoms with van der Waals surface area (Å²) < 4.78 is 6.71. The summed E-state index contributed by atoms with van der Waals surface area (Å²) in [4.78, 5) is 0. The van der Waals surface area contributed by atoms with E-state index in [0.717, 1.165) is 23.7 Å². The van der Waals surface area contributed by atoms with Crippen LogP contribution in [0.4, 0.5) is 0 Å². The highest BCUT2D eigenvalue weighted by atomic mass is 16.5. The first-order chi connectivity index (χ1) is 7.28. The Kier molecular flexibility index (Phi) is 2.77. The maximum Gasteiger partial charge on any atom is 0.133 e. The third-order valence-corrected chi connectivity index (χ3v) is 1.94. The summed E-state index contributed by atoms with van der Waals surface area (Å²) >= 11 is 0. The van der Waals surface area contributed by atoms with Crippen LogP contribution in [0.15, 0.2) is 16.8 Å². The Balaban J connectivity index is 2.04. The van der Waals surface area contributed by atoms with Crippen LogP contribution in [-0.2, 0) is 13.1 Å². The zero-order valence-electron chi connectivity index (χ0n) is 8.77. The van der Waals surface area contributed by atoms with Crippen molar-refractivity contribution in [2.45, 2.75) is 20.0 Å². The smallest absolute Gasteiger partial charge is 0.133 e. The maximum absolute atomic E-state index is 4.97. The molecule has 0 saturated heterocycles. The average molecular weight is 207 g/mol. The van der Waals surface area contributed by atoms with Crippen molar-refractivity contribution in [3.8, 4) is 0 Å². The molecule has 0 unspecified atom stereocenters. The monoisotopic (exact) mass is 207 g/mol. The lowest BCUT2D eigenvalue weighted by molar-refractivity contribution is 0.387. The summed E-state index contributed by atoms with van der Waals surface area (Å²) in [6.45, 7) is 3.18. The van der Waals surface area contributed by atoms with Crippen LogP contribution in [0, 0.1) is 6.92 Å². The normalized spacial score (nSPS) is 10.8. The first-order valence-electron chi connectivity index (χ1n) is 4.74. The summed E-state index contributed by atoms with van der Waals surface area (Å²) in [7, 11) is 1.88. The summed E-state index contributed by atoms with van der Waals surface area (Å²) in [6.07, 6.45) is 1.89. The van der Waals surface area contributed by atoms with E-state index in [-0.39, 0.29) is 0 Å². The highest BCUT2D eigenvalue weighted by Crippen LogP contribution is 2.03. The molecule has 2 heterocycles. The largest absolute Gasteiger partial charge is 0.361 e. The lowest BCUT2D eigenvalue weighted by atomic mass is 10.4. The maximum atomic E-state index is 4.97. The molecule has 0 aliphatic carbocycles. The molecule has 0 aromatic carbocycles. The fourth-order valence-electron chi connectivity index (χ4n) is 1.34. The van der Waals surface area contributed by atoms with Crippen molar-refractivity contribution in [1.82, 2.24) is 25.5 Å². The van der Waals surface area contributed by atoms with Gasteiger partial charge in [0, 0.05) is 12.6 Å². The number of aromatic nitrogens is 4. The number of nitrogens with zero attached hydrogens (tertiary/aromatic N) is 4. The SMILES string of the molecule is CNCc1cn(Cc2cc(C)on2)nn1. The van der Waals surface area contributed by atoms with E-state index in [4.69, 9.17) is 4.52 Å². The van der Waals surface area contributed by atoms with Gasteiger partial charge >= 0.3 is 0 Å². The third kappa shape index (κ3) is 2.41. The number of aryl methyl sites for hydroxylation is 1. The van der Waals surface area contributed by atoms with Crippen molar-refractivity contribution in [2.75, 3.05) is 7.05 Å². The minimum atomic E-state index is 0.591. The van der Waals surface area contributed by atoms with Gasteiger partial charge in [0.05, 0.1) is 18.4 Å². The molecule has 0 aliphatic heterocycles. The van der Waals surface area contributed by atoms with Gasteiger partial charge in [-0.2, -0.15) is 0 Å². The van der Waals surface area contributed by atoms with Gasteiger partial charge in [-0.15, -0.1) is 5.10 Å². The van der Waals surface area contributed by atoms with Crippen LogP contribution < -0.4 is 5.32 Å². The summed E-state index contributed by atoms with van der Waals surface area (Å²) in [6, 6.07) is 1.89. The molecular formula is C9H13N5O. The molecule has 2 aromatic heterocycles. The van der Waals surface area contributed by atoms with Crippen molar-refractivity contribution in [3.63, 3.8) is 0 Å². The standard InChI is InChI=1S/C9H13N5O/c1-7-3-8(12-15-7)5-14-6-9(4-10-2)11-13-14/h3,6,10H,4-5H2,1-2H3. The van der Waals surface area contributed by atoms with Gasteiger partial charge in [0.25, 0.3) is 0 Å². The molecule has 6 heteroatoms. The van der Waals surface area contributed by atoms with Crippen molar-refractivity contribution < 1.29 is 4.52 Å². The topological polar surface area (TPSA) is 68.8 Å². The second-order valence-electron chi connectivity index (χ2n) is 3.37. The number of hydrogen-bond donors (Lipinski definition) is 1. The molecule has 2 rings (SSSR count). The van der Waals surface area contributed by atoms with E-state index >= 15 is 0 Å². The lowest BCUT2D eigenvalue weighted by Gasteiger charge is -1.93. The molecule has 80 valence electrons. The third-order valence-electron chi connectivity index (χ3n) is 1.94. The molecule has 6 nitrogen and oxygen atoms in total. The first kappa shape index (κ1) is 9.85. The Hall–Kier alpha value is -1.69. The highest BCUT2D eigenvalue weighted by molar-refractivity contribution is 5.04. The van der Waals surface area contributed by atoms with Crippen molar-refractivity contribution in [2.24, 2.45) is 0 Å². The van der Waals surface area contributed by atoms with E-state index in [1.165, 1.54) is 0 Å². The second-order valence-corrected chi connectivity index (χ2v) is 3.37. The van der Waals surface area contributed by atoms with Crippen molar-refractivity contribution >= 4 is 0 Å². The van der Waals surface area contributed by atoms with Gasteiger partial charge in [-0.05, 0) is 14.0 Å². The number of nitrogens with one attached hydrogen (secondary N) is 1. The minimum Gasteiger partial charge on any atom is -0.361 e. The zero-order valence-corrected chi connectivity index (χ0v) is 8.77. The van der Waals surface area contributed by atoms with E-state index in [9.17, 15) is 0 Å². The van der Waals surface area contributed by atoms with Gasteiger partial charge in [-0.1, -0.05) is 10.4 Å². The zero-order chi connectivity index (χ0) is 10.7. The molecule has 0 amide bonds. The van der Waals surface area contributed by atoms with Crippen LogP contribution in [0.25, 0.3) is 0 Å². The number of hydrogen-bond acceptors (Lipinski definition) is 5. The van der Waals surface area contributed by atoms with Crippen molar-refractivity contribution in [3.05, 3.63) is 29.4 Å². The van der Waals surface area contributed by atoms with Crippen molar-refractivity contribution in [1.29, 1.82) is 0 Å². The van der Waals surface area contributed by atoms with Gasteiger partial charge in [-0.25, -0.2) is 4.68 Å².